The Morgan fingerprint density at radius 2 is 2.00 bits per heavy atom. The van der Waals surface area contributed by atoms with Crippen LogP contribution in [0.4, 0.5) is 0 Å². The summed E-state index contributed by atoms with van der Waals surface area (Å²) in [5.41, 5.74) is 7.79. The predicted octanol–water partition coefficient (Wildman–Crippen LogP) is 5.33. The highest BCUT2D eigenvalue weighted by Gasteiger charge is 2.37. The summed E-state index contributed by atoms with van der Waals surface area (Å²) >= 11 is 9.47. The van der Waals surface area contributed by atoms with Crippen molar-refractivity contribution in [1.82, 2.24) is 0 Å². The van der Waals surface area contributed by atoms with Crippen LogP contribution in [0.25, 0.3) is 0 Å². The van der Waals surface area contributed by atoms with Crippen molar-refractivity contribution in [3.63, 3.8) is 0 Å². The van der Waals surface area contributed by atoms with Gasteiger partial charge in [0.05, 0.1) is 29.7 Å². The second-order valence-electron chi connectivity index (χ2n) is 7.06. The van der Waals surface area contributed by atoms with Crippen molar-refractivity contribution in [2.24, 2.45) is 5.73 Å². The lowest BCUT2D eigenvalue weighted by Crippen LogP contribution is -2.25. The number of carbonyl (C=O) groups excluding carboxylic acids is 1. The lowest BCUT2D eigenvalue weighted by molar-refractivity contribution is -0.139. The summed E-state index contributed by atoms with van der Waals surface area (Å²) in [6.45, 7) is 3.77. The highest BCUT2D eigenvalue weighted by molar-refractivity contribution is 9.10. The molecule has 0 saturated heterocycles. The normalized spacial score (nSPS) is 15.6. The summed E-state index contributed by atoms with van der Waals surface area (Å²) in [5.74, 6) is -0.287. The average molecular weight is 534 g/mol. The van der Waals surface area contributed by atoms with Gasteiger partial charge in [-0.05, 0) is 65.2 Å². The van der Waals surface area contributed by atoms with E-state index in [0.717, 1.165) is 5.56 Å². The number of nitrogens with two attached hydrogens (primary N) is 1. The minimum Gasteiger partial charge on any atom is -0.493 e. The molecule has 0 fully saturated rings. The van der Waals surface area contributed by atoms with Crippen LogP contribution in [0.1, 0.15) is 30.9 Å². The molecule has 1 atom stereocenters. The fraction of sp³-hybridized carbons (Fsp3) is 0.250. The monoisotopic (exact) mass is 532 g/mol. The van der Waals surface area contributed by atoms with Crippen LogP contribution in [0, 0.1) is 11.3 Å². The predicted molar refractivity (Wildman–Crippen MR) is 126 cm³/mol. The van der Waals surface area contributed by atoms with Crippen LogP contribution in [-0.4, -0.2) is 19.7 Å². The number of carbonyl (C=O) groups is 1. The first-order chi connectivity index (χ1) is 15.8. The van der Waals surface area contributed by atoms with Gasteiger partial charge in [0, 0.05) is 5.02 Å². The smallest absolute Gasteiger partial charge is 0.338 e. The summed E-state index contributed by atoms with van der Waals surface area (Å²) < 4.78 is 22.8. The van der Waals surface area contributed by atoms with Crippen molar-refractivity contribution < 1.29 is 23.7 Å². The number of halogens is 2. The molecule has 9 heteroatoms. The number of methoxy groups -OCH3 is 1. The van der Waals surface area contributed by atoms with Crippen molar-refractivity contribution in [3.8, 4) is 17.6 Å². The number of benzene rings is 2. The minimum atomic E-state index is -0.793. The molecule has 3 rings (SSSR count). The van der Waals surface area contributed by atoms with Gasteiger partial charge in [-0.1, -0.05) is 23.7 Å². The highest BCUT2D eigenvalue weighted by atomic mass is 79.9. The zero-order valence-electron chi connectivity index (χ0n) is 18.3. The van der Waals surface area contributed by atoms with E-state index >= 15 is 0 Å². The van der Waals surface area contributed by atoms with Crippen molar-refractivity contribution >= 4 is 33.5 Å². The average Bonchev–Trinajstić information content (AvgIpc) is 2.78. The van der Waals surface area contributed by atoms with Gasteiger partial charge in [-0.3, -0.25) is 0 Å². The number of rotatable bonds is 7. The van der Waals surface area contributed by atoms with Crippen LogP contribution in [0.15, 0.2) is 63.7 Å². The molecule has 33 heavy (non-hydrogen) atoms. The number of esters is 1. The maximum absolute atomic E-state index is 12.7. The quantitative estimate of drug-likeness (QED) is 0.479. The van der Waals surface area contributed by atoms with Gasteiger partial charge in [0.15, 0.2) is 11.5 Å². The van der Waals surface area contributed by atoms with Gasteiger partial charge >= 0.3 is 5.97 Å². The molecule has 1 aliphatic heterocycles. The molecule has 1 heterocycles. The van der Waals surface area contributed by atoms with E-state index < -0.39 is 11.9 Å². The fourth-order valence-electron chi connectivity index (χ4n) is 3.47. The molecule has 0 radical (unpaired) electrons. The molecule has 0 saturated carbocycles. The molecule has 2 aromatic carbocycles. The van der Waals surface area contributed by atoms with Crippen LogP contribution in [0.5, 0.6) is 11.5 Å². The molecule has 7 nitrogen and oxygen atoms in total. The molecule has 0 spiro atoms. The van der Waals surface area contributed by atoms with Gasteiger partial charge in [0.1, 0.15) is 24.0 Å². The Balaban J connectivity index is 2.03. The molecule has 0 aromatic heterocycles. The highest BCUT2D eigenvalue weighted by Crippen LogP contribution is 2.45. The fourth-order valence-corrected chi connectivity index (χ4v) is 4.17. The summed E-state index contributed by atoms with van der Waals surface area (Å²) in [6.07, 6.45) is 0. The largest absolute Gasteiger partial charge is 0.493 e. The third kappa shape index (κ3) is 5.27. The van der Waals surface area contributed by atoms with Gasteiger partial charge in [-0.2, -0.15) is 5.26 Å². The Kier molecular flexibility index (Phi) is 7.90. The summed E-state index contributed by atoms with van der Waals surface area (Å²) in [4.78, 5) is 12.7. The zero-order valence-corrected chi connectivity index (χ0v) is 20.6. The van der Waals surface area contributed by atoms with Crippen LogP contribution < -0.4 is 15.2 Å². The number of allylic oxidation sites excluding steroid dienone is 2. The third-order valence-corrected chi connectivity index (χ3v) is 5.82. The maximum atomic E-state index is 12.7. The van der Waals surface area contributed by atoms with Gasteiger partial charge in [0.2, 0.25) is 5.88 Å². The number of nitrogens with zero attached hydrogens (tertiary/aromatic N) is 1. The van der Waals surface area contributed by atoms with E-state index in [-0.39, 0.29) is 36.0 Å². The Bertz CT molecular complexity index is 1170. The van der Waals surface area contributed by atoms with E-state index in [4.69, 9.17) is 36.3 Å². The van der Waals surface area contributed by atoms with E-state index in [1.807, 2.05) is 12.1 Å². The van der Waals surface area contributed by atoms with Crippen LogP contribution in [0.3, 0.4) is 0 Å². The molecule has 2 N–H and O–H groups in total. The number of ether oxygens (including phenoxy) is 4. The Hall–Kier alpha value is -3.15. The van der Waals surface area contributed by atoms with E-state index in [1.165, 1.54) is 7.11 Å². The molecule has 172 valence electrons. The molecule has 2 aromatic rings. The van der Waals surface area contributed by atoms with Crippen LogP contribution in [0.2, 0.25) is 5.02 Å². The van der Waals surface area contributed by atoms with Gasteiger partial charge in [-0.25, -0.2) is 4.79 Å². The number of hydrogen-bond donors (Lipinski definition) is 1. The first kappa shape index (κ1) is 24.5. The van der Waals surface area contributed by atoms with Crippen molar-refractivity contribution in [2.75, 3.05) is 13.7 Å². The summed E-state index contributed by atoms with van der Waals surface area (Å²) in [6, 6.07) is 12.8. The van der Waals surface area contributed by atoms with Gasteiger partial charge in [-0.15, -0.1) is 0 Å². The van der Waals surface area contributed by atoms with Gasteiger partial charge in [0.25, 0.3) is 0 Å². The van der Waals surface area contributed by atoms with E-state index in [2.05, 4.69) is 22.0 Å². The van der Waals surface area contributed by atoms with Crippen molar-refractivity contribution in [3.05, 3.63) is 79.8 Å². The summed E-state index contributed by atoms with van der Waals surface area (Å²) in [7, 11) is 1.51. The molecule has 1 aliphatic rings. The van der Waals surface area contributed by atoms with Gasteiger partial charge < -0.3 is 24.7 Å². The Morgan fingerprint density at radius 3 is 2.61 bits per heavy atom. The molecular weight excluding hydrogens is 512 g/mol. The van der Waals surface area contributed by atoms with Crippen molar-refractivity contribution in [1.29, 1.82) is 5.26 Å². The molecule has 0 amide bonds. The van der Waals surface area contributed by atoms with Crippen LogP contribution in [-0.2, 0) is 20.9 Å². The first-order valence-electron chi connectivity index (χ1n) is 10.0. The molecule has 1 unspecified atom stereocenters. The molecule has 0 aliphatic carbocycles. The van der Waals surface area contributed by atoms with E-state index in [9.17, 15) is 10.1 Å². The van der Waals surface area contributed by atoms with Crippen molar-refractivity contribution in [2.45, 2.75) is 26.4 Å². The zero-order chi connectivity index (χ0) is 24.1. The molecule has 0 bridgehead atoms. The second kappa shape index (κ2) is 10.6. The van der Waals surface area contributed by atoms with E-state index in [0.29, 0.717) is 26.6 Å². The standard InChI is InChI=1S/C24H22BrClN2O5/c1-4-31-24(29)20-13(2)33-23(28)17(11-27)21(20)15-9-18(25)22(19(10-15)30-3)32-12-14-5-7-16(26)8-6-14/h5-10,21H,4,12,28H2,1-3H3. The lowest BCUT2D eigenvalue weighted by atomic mass is 9.83. The number of nitriles is 1. The third-order valence-electron chi connectivity index (χ3n) is 4.98. The Labute approximate surface area is 205 Å². The second-order valence-corrected chi connectivity index (χ2v) is 8.36. The van der Waals surface area contributed by atoms with E-state index in [1.54, 1.807) is 38.1 Å². The summed E-state index contributed by atoms with van der Waals surface area (Å²) in [5, 5.41) is 10.4. The minimum absolute atomic E-state index is 0.0637. The number of hydrogen-bond acceptors (Lipinski definition) is 7. The lowest BCUT2D eigenvalue weighted by Gasteiger charge is -2.27. The topological polar surface area (TPSA) is 104 Å². The Morgan fingerprint density at radius 1 is 1.30 bits per heavy atom. The van der Waals surface area contributed by atoms with Crippen LogP contribution >= 0.6 is 27.5 Å². The SMILES string of the molecule is CCOC(=O)C1=C(C)OC(N)=C(C#N)C1c1cc(Br)c(OCc2ccc(Cl)cc2)c(OC)c1. The maximum Gasteiger partial charge on any atom is 0.338 e. The molecular formula is C24H22BrClN2O5. The first-order valence-corrected chi connectivity index (χ1v) is 11.2.